The summed E-state index contributed by atoms with van der Waals surface area (Å²) in [5.74, 6) is 0.814. The number of aromatic nitrogens is 4. The molecule has 8 heteroatoms. The number of rotatable bonds is 2. The maximum atomic E-state index is 11.2. The first-order valence-corrected chi connectivity index (χ1v) is 6.20. The lowest BCUT2D eigenvalue weighted by Crippen LogP contribution is -2.09. The van der Waals surface area contributed by atoms with Gasteiger partial charge in [-0.15, -0.1) is 0 Å². The van der Waals surface area contributed by atoms with Crippen molar-refractivity contribution in [2.24, 2.45) is 0 Å². The highest BCUT2D eigenvalue weighted by atomic mass is 79.9. The molecule has 0 saturated heterocycles. The summed E-state index contributed by atoms with van der Waals surface area (Å²) in [6.45, 7) is 1.78. The van der Waals surface area contributed by atoms with Crippen LogP contribution < -0.4 is 11.3 Å². The van der Waals surface area contributed by atoms with Crippen LogP contribution in [0.5, 0.6) is 0 Å². The van der Waals surface area contributed by atoms with Crippen molar-refractivity contribution in [3.63, 3.8) is 0 Å². The molecule has 2 aromatic heterocycles. The Morgan fingerprint density at radius 2 is 2.12 bits per heavy atom. The highest BCUT2D eigenvalue weighted by Crippen LogP contribution is 2.24. The van der Waals surface area contributed by atoms with Crippen LogP contribution >= 0.6 is 27.7 Å². The van der Waals surface area contributed by atoms with E-state index in [2.05, 4.69) is 35.9 Å². The molecule has 0 bridgehead atoms. The van der Waals surface area contributed by atoms with E-state index in [1.165, 1.54) is 17.8 Å². The summed E-state index contributed by atoms with van der Waals surface area (Å²) in [7, 11) is 0. The molecule has 0 atom stereocenters. The van der Waals surface area contributed by atoms with E-state index < -0.39 is 0 Å². The smallest absolute Gasteiger partial charge is 0.253 e. The van der Waals surface area contributed by atoms with E-state index in [9.17, 15) is 4.79 Å². The molecule has 3 N–H and O–H groups in total. The second-order valence-electron chi connectivity index (χ2n) is 3.15. The predicted molar refractivity (Wildman–Crippen MR) is 67.9 cm³/mol. The molecule has 0 aliphatic carbocycles. The van der Waals surface area contributed by atoms with Crippen LogP contribution in [-0.2, 0) is 0 Å². The zero-order valence-electron chi connectivity index (χ0n) is 8.77. The quantitative estimate of drug-likeness (QED) is 0.642. The molecule has 0 spiro atoms. The monoisotopic (exact) mass is 313 g/mol. The number of nitrogen functional groups attached to an aromatic ring is 1. The van der Waals surface area contributed by atoms with E-state index in [0.717, 1.165) is 0 Å². The van der Waals surface area contributed by atoms with E-state index in [1.807, 2.05) is 0 Å². The third kappa shape index (κ3) is 3.27. The fourth-order valence-electron chi connectivity index (χ4n) is 1.16. The molecule has 2 heterocycles. The van der Waals surface area contributed by atoms with Crippen molar-refractivity contribution in [3.05, 3.63) is 32.9 Å². The number of anilines is 1. The molecule has 0 radical (unpaired) electrons. The first-order chi connectivity index (χ1) is 8.02. The molecule has 0 aromatic carbocycles. The van der Waals surface area contributed by atoms with Crippen LogP contribution in [0.4, 0.5) is 5.82 Å². The van der Waals surface area contributed by atoms with Crippen LogP contribution in [0.2, 0.25) is 0 Å². The number of nitrogens with zero attached hydrogens (tertiary/aromatic N) is 3. The molecule has 0 aliphatic heterocycles. The first-order valence-electron chi connectivity index (χ1n) is 4.59. The normalized spacial score (nSPS) is 10.5. The lowest BCUT2D eigenvalue weighted by molar-refractivity contribution is 0.919. The van der Waals surface area contributed by atoms with Gasteiger partial charge in [-0.05, 0) is 34.6 Å². The van der Waals surface area contributed by atoms with Gasteiger partial charge in [0.25, 0.3) is 5.56 Å². The number of nitrogens with one attached hydrogen (secondary N) is 1. The Hall–Kier alpha value is -1.41. The molecule has 2 rings (SSSR count). The number of hydrogen-bond acceptors (Lipinski definition) is 6. The molecule has 0 aliphatic rings. The molecule has 6 nitrogen and oxygen atoms in total. The average Bonchev–Trinajstić information content (AvgIpc) is 2.13. The summed E-state index contributed by atoms with van der Waals surface area (Å²) in [4.78, 5) is 26.1. The fourth-order valence-corrected chi connectivity index (χ4v) is 2.63. The fraction of sp³-hybridized carbons (Fsp3) is 0.111. The van der Waals surface area contributed by atoms with Crippen molar-refractivity contribution in [3.8, 4) is 0 Å². The van der Waals surface area contributed by atoms with Crippen molar-refractivity contribution < 1.29 is 0 Å². The number of aromatic amines is 1. The molecule has 0 amide bonds. The molecule has 0 fully saturated rings. The number of hydrogen-bond donors (Lipinski definition) is 2. The van der Waals surface area contributed by atoms with E-state index >= 15 is 0 Å². The Morgan fingerprint density at radius 1 is 1.35 bits per heavy atom. The van der Waals surface area contributed by atoms with Gasteiger partial charge in [0.05, 0.1) is 0 Å². The molecule has 0 unspecified atom stereocenters. The van der Waals surface area contributed by atoms with E-state index in [1.54, 1.807) is 13.0 Å². The van der Waals surface area contributed by atoms with Crippen LogP contribution in [0, 0.1) is 6.92 Å². The Bertz CT molecular complexity index is 594. The minimum atomic E-state index is -0.287. The van der Waals surface area contributed by atoms with Crippen molar-refractivity contribution in [2.45, 2.75) is 17.1 Å². The van der Waals surface area contributed by atoms with Crippen molar-refractivity contribution in [1.82, 2.24) is 19.9 Å². The van der Waals surface area contributed by atoms with Crippen LogP contribution in [0.1, 0.15) is 5.82 Å². The zero-order valence-corrected chi connectivity index (χ0v) is 11.2. The summed E-state index contributed by atoms with van der Waals surface area (Å²) >= 11 is 4.49. The van der Waals surface area contributed by atoms with Crippen LogP contribution in [-0.4, -0.2) is 19.9 Å². The molecule has 17 heavy (non-hydrogen) atoms. The van der Waals surface area contributed by atoms with Crippen molar-refractivity contribution in [1.29, 1.82) is 0 Å². The third-order valence-corrected chi connectivity index (χ3v) is 2.94. The molecular formula is C9H8BrN5OS. The summed E-state index contributed by atoms with van der Waals surface area (Å²) in [5, 5.41) is 1.08. The van der Waals surface area contributed by atoms with Crippen molar-refractivity contribution in [2.75, 3.05) is 5.73 Å². The second-order valence-corrected chi connectivity index (χ2v) is 4.98. The van der Waals surface area contributed by atoms with Gasteiger partial charge in [0.1, 0.15) is 21.3 Å². The average molecular weight is 314 g/mol. The van der Waals surface area contributed by atoms with Crippen LogP contribution in [0.15, 0.2) is 31.7 Å². The van der Waals surface area contributed by atoms with Gasteiger partial charge in [0.15, 0.2) is 5.16 Å². The lowest BCUT2D eigenvalue weighted by Gasteiger charge is -2.02. The third-order valence-electron chi connectivity index (χ3n) is 1.72. The number of aryl methyl sites for hydroxylation is 1. The van der Waals surface area contributed by atoms with Crippen LogP contribution in [0.25, 0.3) is 0 Å². The predicted octanol–water partition coefficient (Wildman–Crippen LogP) is 1.36. The highest BCUT2D eigenvalue weighted by Gasteiger charge is 2.05. The van der Waals surface area contributed by atoms with Gasteiger partial charge in [-0.3, -0.25) is 4.79 Å². The maximum Gasteiger partial charge on any atom is 0.253 e. The topological polar surface area (TPSA) is 97.5 Å². The summed E-state index contributed by atoms with van der Waals surface area (Å²) in [6.07, 6.45) is 0. The largest absolute Gasteiger partial charge is 0.383 e. The Labute approximate surface area is 109 Å². The summed E-state index contributed by atoms with van der Waals surface area (Å²) in [5.41, 5.74) is 5.20. The standard InChI is InChI=1S/C9H8BrN5OS/c1-4-12-5(10)2-8(13-4)17-9-14-6(11)3-7(16)15-9/h2-3H,1H3,(H3,11,14,15,16). The highest BCUT2D eigenvalue weighted by molar-refractivity contribution is 9.10. The minimum absolute atomic E-state index is 0.182. The Kier molecular flexibility index (Phi) is 3.43. The van der Waals surface area contributed by atoms with Crippen LogP contribution in [0.3, 0.4) is 0 Å². The van der Waals surface area contributed by atoms with Crippen molar-refractivity contribution >= 4 is 33.5 Å². The van der Waals surface area contributed by atoms with Gasteiger partial charge >= 0.3 is 0 Å². The van der Waals surface area contributed by atoms with Gasteiger partial charge in [0, 0.05) is 12.1 Å². The Balaban J connectivity index is 2.34. The number of nitrogens with two attached hydrogens (primary N) is 1. The van der Waals surface area contributed by atoms with Gasteiger partial charge in [-0.1, -0.05) is 0 Å². The zero-order chi connectivity index (χ0) is 12.4. The molecule has 0 saturated carbocycles. The molecule has 88 valence electrons. The molecular weight excluding hydrogens is 306 g/mol. The number of halogens is 1. The van der Waals surface area contributed by atoms with Gasteiger partial charge < -0.3 is 10.7 Å². The minimum Gasteiger partial charge on any atom is -0.383 e. The van der Waals surface area contributed by atoms with E-state index in [4.69, 9.17) is 5.73 Å². The summed E-state index contributed by atoms with van der Waals surface area (Å²) < 4.78 is 0.679. The van der Waals surface area contributed by atoms with Gasteiger partial charge in [-0.25, -0.2) is 15.0 Å². The van der Waals surface area contributed by atoms with Gasteiger partial charge in [-0.2, -0.15) is 0 Å². The maximum absolute atomic E-state index is 11.2. The van der Waals surface area contributed by atoms with E-state index in [-0.39, 0.29) is 11.4 Å². The lowest BCUT2D eigenvalue weighted by atomic mass is 10.6. The molecule has 2 aromatic rings. The van der Waals surface area contributed by atoms with Gasteiger partial charge in [0.2, 0.25) is 0 Å². The summed E-state index contributed by atoms with van der Waals surface area (Å²) in [6, 6.07) is 2.96. The Morgan fingerprint density at radius 3 is 2.76 bits per heavy atom. The number of H-pyrrole nitrogens is 1. The van der Waals surface area contributed by atoms with E-state index in [0.29, 0.717) is 20.6 Å². The second kappa shape index (κ2) is 4.84. The SMILES string of the molecule is Cc1nc(Br)cc(Sc2nc(N)cc(=O)[nH]2)n1. The first kappa shape index (κ1) is 12.1.